The molecule has 1 fully saturated rings. The number of rotatable bonds is 3. The van der Waals surface area contributed by atoms with Crippen molar-refractivity contribution in [3.8, 4) is 0 Å². The van der Waals surface area contributed by atoms with Crippen LogP contribution in [0, 0.1) is 12.8 Å². The second-order valence-electron chi connectivity index (χ2n) is 6.15. The van der Waals surface area contributed by atoms with E-state index in [2.05, 4.69) is 52.3 Å². The second-order valence-corrected chi connectivity index (χ2v) is 6.15. The summed E-state index contributed by atoms with van der Waals surface area (Å²) in [6, 6.07) is 12.7. The summed E-state index contributed by atoms with van der Waals surface area (Å²) in [7, 11) is 0. The molecule has 2 aromatic rings. The van der Waals surface area contributed by atoms with Crippen molar-refractivity contribution in [1.82, 2.24) is 9.88 Å². The Morgan fingerprint density at radius 2 is 2.05 bits per heavy atom. The highest BCUT2D eigenvalue weighted by Crippen LogP contribution is 2.30. The lowest BCUT2D eigenvalue weighted by atomic mass is 9.94. The molecule has 2 unspecified atom stereocenters. The molecule has 0 N–H and O–H groups in total. The first-order valence-corrected chi connectivity index (χ1v) is 7.71. The van der Waals surface area contributed by atoms with E-state index < -0.39 is 0 Å². The first-order chi connectivity index (χ1) is 10.8. The molecule has 1 aromatic heterocycles. The van der Waals surface area contributed by atoms with Gasteiger partial charge in [0.25, 0.3) is 0 Å². The first-order valence-electron chi connectivity index (χ1n) is 7.71. The molecule has 22 heavy (non-hydrogen) atoms. The molecule has 0 aliphatic carbocycles. The Kier molecular flexibility index (Phi) is 3.39. The Morgan fingerprint density at radius 1 is 1.18 bits per heavy atom. The van der Waals surface area contributed by atoms with E-state index in [4.69, 9.17) is 4.84 Å². The summed E-state index contributed by atoms with van der Waals surface area (Å²) in [6.45, 7) is 4.95. The maximum absolute atomic E-state index is 5.67. The molecule has 2 aliphatic rings. The number of fused-ring (bicyclic) bond motifs is 1. The minimum Gasteiger partial charge on any atom is -0.390 e. The predicted octanol–water partition coefficient (Wildman–Crippen LogP) is 2.62. The van der Waals surface area contributed by atoms with E-state index in [1.807, 2.05) is 18.5 Å². The summed E-state index contributed by atoms with van der Waals surface area (Å²) in [6.07, 6.45) is 3.94. The van der Waals surface area contributed by atoms with Crippen molar-refractivity contribution in [1.29, 1.82) is 0 Å². The third kappa shape index (κ3) is 2.50. The Hall–Kier alpha value is -2.20. The van der Waals surface area contributed by atoms with E-state index in [-0.39, 0.29) is 6.10 Å². The van der Waals surface area contributed by atoms with Crippen LogP contribution in [0.1, 0.15) is 16.7 Å². The van der Waals surface area contributed by atoms with Crippen LogP contribution in [0.25, 0.3) is 0 Å². The van der Waals surface area contributed by atoms with E-state index in [0.29, 0.717) is 5.92 Å². The highest BCUT2D eigenvalue weighted by molar-refractivity contribution is 6.03. The lowest BCUT2D eigenvalue weighted by Crippen LogP contribution is -2.23. The van der Waals surface area contributed by atoms with Gasteiger partial charge in [0, 0.05) is 32.0 Å². The summed E-state index contributed by atoms with van der Waals surface area (Å²) in [5.41, 5.74) is 4.79. The zero-order valence-corrected chi connectivity index (χ0v) is 12.6. The van der Waals surface area contributed by atoms with Gasteiger partial charge in [0.1, 0.15) is 6.10 Å². The van der Waals surface area contributed by atoms with Gasteiger partial charge in [-0.05, 0) is 24.1 Å². The predicted molar refractivity (Wildman–Crippen MR) is 85.6 cm³/mol. The zero-order valence-electron chi connectivity index (χ0n) is 12.6. The molecule has 0 spiro atoms. The number of aryl methyl sites for hydroxylation is 1. The van der Waals surface area contributed by atoms with Crippen LogP contribution < -0.4 is 0 Å². The van der Waals surface area contributed by atoms with Gasteiger partial charge in [-0.15, -0.1) is 0 Å². The van der Waals surface area contributed by atoms with Crippen LogP contribution in [0.2, 0.25) is 0 Å². The van der Waals surface area contributed by atoms with Crippen molar-refractivity contribution in [3.05, 3.63) is 65.5 Å². The van der Waals surface area contributed by atoms with Gasteiger partial charge in [-0.2, -0.15) is 0 Å². The average molecular weight is 293 g/mol. The van der Waals surface area contributed by atoms with Crippen LogP contribution in [0.15, 0.2) is 53.9 Å². The molecule has 2 aliphatic heterocycles. The smallest absolute Gasteiger partial charge is 0.149 e. The summed E-state index contributed by atoms with van der Waals surface area (Å²) >= 11 is 0. The van der Waals surface area contributed by atoms with Gasteiger partial charge < -0.3 is 4.84 Å². The van der Waals surface area contributed by atoms with Gasteiger partial charge in [-0.3, -0.25) is 9.88 Å². The number of likely N-dealkylation sites (tertiary alicyclic amines) is 1. The summed E-state index contributed by atoms with van der Waals surface area (Å²) in [4.78, 5) is 12.3. The molecule has 2 atom stereocenters. The Morgan fingerprint density at radius 3 is 2.82 bits per heavy atom. The molecule has 0 bridgehead atoms. The topological polar surface area (TPSA) is 37.7 Å². The molecule has 0 amide bonds. The first kappa shape index (κ1) is 13.5. The highest BCUT2D eigenvalue weighted by atomic mass is 16.6. The Balaban J connectivity index is 1.48. The maximum Gasteiger partial charge on any atom is 0.149 e. The molecule has 3 heterocycles. The van der Waals surface area contributed by atoms with Gasteiger partial charge in [0.15, 0.2) is 0 Å². The molecular formula is C18H19N3O. The monoisotopic (exact) mass is 293 g/mol. The van der Waals surface area contributed by atoms with E-state index >= 15 is 0 Å². The fraction of sp³-hybridized carbons (Fsp3) is 0.333. The van der Waals surface area contributed by atoms with E-state index in [1.54, 1.807) is 0 Å². The molecule has 4 heteroatoms. The number of hydrogen-bond acceptors (Lipinski definition) is 4. The van der Waals surface area contributed by atoms with Gasteiger partial charge in [-0.25, -0.2) is 0 Å². The van der Waals surface area contributed by atoms with Gasteiger partial charge in [0.2, 0.25) is 0 Å². The SMILES string of the molecule is Cc1ccc(C2=NOC3CN(Cc4cccnc4)CC23)cc1. The minimum atomic E-state index is 0.188. The minimum absolute atomic E-state index is 0.188. The standard InChI is InChI=1S/C18H19N3O/c1-13-4-6-15(7-5-13)18-16-11-21(12-17(16)22-20-18)10-14-3-2-8-19-9-14/h2-9,16-17H,10-12H2,1H3. The van der Waals surface area contributed by atoms with Gasteiger partial charge in [0.05, 0.1) is 11.6 Å². The quantitative estimate of drug-likeness (QED) is 0.873. The fourth-order valence-electron chi connectivity index (χ4n) is 3.28. The number of aromatic nitrogens is 1. The van der Waals surface area contributed by atoms with Crippen LogP contribution in [0.5, 0.6) is 0 Å². The number of pyridine rings is 1. The third-order valence-corrected chi connectivity index (χ3v) is 4.46. The van der Waals surface area contributed by atoms with E-state index in [9.17, 15) is 0 Å². The number of benzene rings is 1. The van der Waals surface area contributed by atoms with Gasteiger partial charge in [-0.1, -0.05) is 41.1 Å². The van der Waals surface area contributed by atoms with Crippen molar-refractivity contribution in [2.45, 2.75) is 19.6 Å². The van der Waals surface area contributed by atoms with Crippen molar-refractivity contribution in [2.75, 3.05) is 13.1 Å². The van der Waals surface area contributed by atoms with Crippen molar-refractivity contribution >= 4 is 5.71 Å². The van der Waals surface area contributed by atoms with Crippen LogP contribution in [-0.2, 0) is 11.4 Å². The molecule has 0 radical (unpaired) electrons. The Labute approximate surface area is 130 Å². The molecule has 4 nitrogen and oxygen atoms in total. The van der Waals surface area contributed by atoms with E-state index in [0.717, 1.165) is 25.3 Å². The van der Waals surface area contributed by atoms with Crippen LogP contribution in [0.4, 0.5) is 0 Å². The van der Waals surface area contributed by atoms with Crippen LogP contribution in [0.3, 0.4) is 0 Å². The summed E-state index contributed by atoms with van der Waals surface area (Å²) in [5, 5.41) is 4.34. The molecule has 1 saturated heterocycles. The molecule has 0 saturated carbocycles. The summed E-state index contributed by atoms with van der Waals surface area (Å²) < 4.78 is 0. The molecule has 112 valence electrons. The average Bonchev–Trinajstić information content (AvgIpc) is 3.09. The van der Waals surface area contributed by atoms with Crippen LogP contribution >= 0.6 is 0 Å². The zero-order chi connectivity index (χ0) is 14.9. The summed E-state index contributed by atoms with van der Waals surface area (Å²) in [5.74, 6) is 0.374. The number of oxime groups is 1. The largest absolute Gasteiger partial charge is 0.390 e. The number of nitrogens with zero attached hydrogens (tertiary/aromatic N) is 3. The van der Waals surface area contributed by atoms with E-state index in [1.165, 1.54) is 16.7 Å². The molecular weight excluding hydrogens is 274 g/mol. The molecule has 4 rings (SSSR count). The van der Waals surface area contributed by atoms with Crippen LogP contribution in [-0.4, -0.2) is 34.8 Å². The third-order valence-electron chi connectivity index (χ3n) is 4.46. The normalized spacial score (nSPS) is 24.0. The lowest BCUT2D eigenvalue weighted by molar-refractivity contribution is 0.0745. The maximum atomic E-state index is 5.67. The lowest BCUT2D eigenvalue weighted by Gasteiger charge is -2.16. The Bertz CT molecular complexity index is 681. The van der Waals surface area contributed by atoms with Crippen molar-refractivity contribution < 1.29 is 4.84 Å². The van der Waals surface area contributed by atoms with Crippen molar-refractivity contribution in [2.24, 2.45) is 11.1 Å². The highest BCUT2D eigenvalue weighted by Gasteiger charge is 2.42. The van der Waals surface area contributed by atoms with Crippen molar-refractivity contribution in [3.63, 3.8) is 0 Å². The molecule has 1 aromatic carbocycles. The fourth-order valence-corrected chi connectivity index (χ4v) is 3.28. The second kappa shape index (κ2) is 5.54. The number of hydrogen-bond donors (Lipinski definition) is 0. The van der Waals surface area contributed by atoms with Gasteiger partial charge >= 0.3 is 0 Å².